The Morgan fingerprint density at radius 2 is 1.78 bits per heavy atom. The van der Waals surface area contributed by atoms with Crippen LogP contribution >= 0.6 is 23.2 Å². The number of carbonyl (C=O) groups is 2. The molecule has 0 bridgehead atoms. The third kappa shape index (κ3) is 6.60. The molecule has 2 rings (SSSR count). The van der Waals surface area contributed by atoms with Gasteiger partial charge in [0.2, 0.25) is 21.8 Å². The number of halogens is 2. The Bertz CT molecular complexity index is 1090. The maximum Gasteiger partial charge on any atom is 0.244 e. The molecule has 0 saturated heterocycles. The summed E-state index contributed by atoms with van der Waals surface area (Å²) in [4.78, 5) is 27.2. The number of hydrogen-bond acceptors (Lipinski definition) is 4. The second-order valence-corrected chi connectivity index (χ2v) is 10.1. The summed E-state index contributed by atoms with van der Waals surface area (Å²) < 4.78 is 26.2. The third-order valence-electron chi connectivity index (χ3n) is 4.95. The van der Waals surface area contributed by atoms with Gasteiger partial charge in [-0.15, -0.1) is 0 Å². The number of hydrogen-bond donors (Lipinski definition) is 1. The van der Waals surface area contributed by atoms with Crippen LogP contribution in [0.1, 0.15) is 25.0 Å². The van der Waals surface area contributed by atoms with Crippen LogP contribution in [0.25, 0.3) is 0 Å². The van der Waals surface area contributed by atoms with Gasteiger partial charge in [-0.25, -0.2) is 8.42 Å². The fraction of sp³-hybridized carbons (Fsp3) is 0.364. The average molecular weight is 500 g/mol. The fourth-order valence-electron chi connectivity index (χ4n) is 3.20. The predicted molar refractivity (Wildman–Crippen MR) is 129 cm³/mol. The van der Waals surface area contributed by atoms with Crippen LogP contribution in [-0.2, 0) is 26.2 Å². The van der Waals surface area contributed by atoms with E-state index in [-0.39, 0.29) is 12.5 Å². The minimum absolute atomic E-state index is 0.0871. The van der Waals surface area contributed by atoms with E-state index < -0.39 is 28.5 Å². The topological polar surface area (TPSA) is 86.8 Å². The molecule has 0 aliphatic rings. The van der Waals surface area contributed by atoms with Gasteiger partial charge in [0.25, 0.3) is 0 Å². The lowest BCUT2D eigenvalue weighted by atomic mass is 10.1. The van der Waals surface area contributed by atoms with Crippen molar-refractivity contribution in [3.05, 3.63) is 63.6 Å². The second kappa shape index (κ2) is 11.0. The van der Waals surface area contributed by atoms with Crippen LogP contribution in [0.4, 0.5) is 5.69 Å². The molecule has 2 aromatic carbocycles. The van der Waals surface area contributed by atoms with E-state index in [0.29, 0.717) is 33.4 Å². The molecule has 0 fully saturated rings. The highest BCUT2D eigenvalue weighted by Crippen LogP contribution is 2.28. The fourth-order valence-corrected chi connectivity index (χ4v) is 4.48. The summed E-state index contributed by atoms with van der Waals surface area (Å²) >= 11 is 12.2. The molecule has 0 aromatic heterocycles. The van der Waals surface area contributed by atoms with Crippen LogP contribution in [0.2, 0.25) is 10.0 Å². The van der Waals surface area contributed by atoms with Crippen molar-refractivity contribution in [3.8, 4) is 0 Å². The summed E-state index contributed by atoms with van der Waals surface area (Å²) in [6.45, 7) is 5.07. The number of likely N-dealkylation sites (N-methyl/N-ethyl adjacent to an activating group) is 1. The molecule has 1 atom stereocenters. The number of amides is 2. The molecular formula is C22H27Cl2N3O4S. The van der Waals surface area contributed by atoms with Crippen molar-refractivity contribution in [2.24, 2.45) is 0 Å². The second-order valence-electron chi connectivity index (χ2n) is 7.38. The van der Waals surface area contributed by atoms with E-state index in [4.69, 9.17) is 23.2 Å². The van der Waals surface area contributed by atoms with Crippen molar-refractivity contribution in [1.29, 1.82) is 0 Å². The Balaban J connectivity index is 2.43. The van der Waals surface area contributed by atoms with E-state index in [1.807, 2.05) is 0 Å². The molecule has 2 amide bonds. The van der Waals surface area contributed by atoms with Gasteiger partial charge in [0.1, 0.15) is 12.6 Å². The first-order valence-electron chi connectivity index (χ1n) is 10.00. The summed E-state index contributed by atoms with van der Waals surface area (Å²) in [5, 5.41) is 3.58. The molecule has 0 radical (unpaired) electrons. The van der Waals surface area contributed by atoms with E-state index in [1.54, 1.807) is 63.2 Å². The maximum atomic E-state index is 13.4. The number of nitrogens with one attached hydrogen (secondary N) is 1. The molecule has 0 aliphatic carbocycles. The van der Waals surface area contributed by atoms with Gasteiger partial charge in [-0.3, -0.25) is 13.9 Å². The van der Waals surface area contributed by atoms with Gasteiger partial charge in [-0.2, -0.15) is 0 Å². The molecule has 0 spiro atoms. The summed E-state index contributed by atoms with van der Waals surface area (Å²) in [7, 11) is -3.82. The smallest absolute Gasteiger partial charge is 0.244 e. The lowest BCUT2D eigenvalue weighted by molar-refractivity contribution is -0.139. The van der Waals surface area contributed by atoms with Crippen molar-refractivity contribution in [3.63, 3.8) is 0 Å². The summed E-state index contributed by atoms with van der Waals surface area (Å²) in [6.07, 6.45) is 1.02. The van der Waals surface area contributed by atoms with Gasteiger partial charge in [-0.1, -0.05) is 41.4 Å². The van der Waals surface area contributed by atoms with E-state index >= 15 is 0 Å². The number of benzene rings is 2. The number of anilines is 1. The maximum absolute atomic E-state index is 13.4. The third-order valence-corrected chi connectivity index (χ3v) is 6.72. The van der Waals surface area contributed by atoms with Gasteiger partial charge in [0.05, 0.1) is 11.9 Å². The first-order valence-corrected chi connectivity index (χ1v) is 12.6. The van der Waals surface area contributed by atoms with Crippen LogP contribution in [0, 0.1) is 6.92 Å². The van der Waals surface area contributed by atoms with Crippen molar-refractivity contribution in [2.45, 2.75) is 33.4 Å². The number of carbonyl (C=O) groups excluding carboxylic acids is 2. The summed E-state index contributed by atoms with van der Waals surface area (Å²) in [5.41, 5.74) is 1.55. The van der Waals surface area contributed by atoms with Crippen LogP contribution in [0.3, 0.4) is 0 Å². The zero-order valence-electron chi connectivity index (χ0n) is 18.4. The van der Waals surface area contributed by atoms with E-state index in [2.05, 4.69) is 5.32 Å². The molecule has 1 N–H and O–H groups in total. The highest BCUT2D eigenvalue weighted by Gasteiger charge is 2.30. The normalized spacial score (nSPS) is 12.2. The SMILES string of the molecule is CCNC(=O)[C@@H](C)N(Cc1cccc(Cl)c1)C(=O)CN(c1cccc(Cl)c1C)S(C)(=O)=O. The average Bonchev–Trinajstić information content (AvgIpc) is 2.71. The van der Waals surface area contributed by atoms with E-state index in [1.165, 1.54) is 4.90 Å². The van der Waals surface area contributed by atoms with Gasteiger partial charge < -0.3 is 10.2 Å². The molecule has 0 heterocycles. The molecule has 0 unspecified atom stereocenters. The van der Waals surface area contributed by atoms with Gasteiger partial charge in [0, 0.05) is 23.1 Å². The number of nitrogens with zero attached hydrogens (tertiary/aromatic N) is 2. The van der Waals surface area contributed by atoms with Crippen molar-refractivity contribution in [1.82, 2.24) is 10.2 Å². The van der Waals surface area contributed by atoms with E-state index in [0.717, 1.165) is 10.6 Å². The molecule has 7 nitrogen and oxygen atoms in total. The Labute approximate surface area is 199 Å². The number of rotatable bonds is 9. The Morgan fingerprint density at radius 1 is 1.12 bits per heavy atom. The van der Waals surface area contributed by atoms with Crippen molar-refractivity contribution >= 4 is 50.7 Å². The van der Waals surface area contributed by atoms with E-state index in [9.17, 15) is 18.0 Å². The minimum Gasteiger partial charge on any atom is -0.355 e. The first-order chi connectivity index (χ1) is 15.0. The van der Waals surface area contributed by atoms with Crippen LogP contribution in [0.15, 0.2) is 42.5 Å². The van der Waals surface area contributed by atoms with Gasteiger partial charge >= 0.3 is 0 Å². The molecule has 0 aliphatic heterocycles. The molecule has 32 heavy (non-hydrogen) atoms. The van der Waals surface area contributed by atoms with Crippen LogP contribution < -0.4 is 9.62 Å². The highest BCUT2D eigenvalue weighted by molar-refractivity contribution is 7.92. The van der Waals surface area contributed by atoms with Crippen molar-refractivity contribution in [2.75, 3.05) is 23.7 Å². The van der Waals surface area contributed by atoms with Crippen LogP contribution in [-0.4, -0.2) is 50.5 Å². The van der Waals surface area contributed by atoms with Gasteiger partial charge in [-0.05, 0) is 56.2 Å². The van der Waals surface area contributed by atoms with Crippen LogP contribution in [0.5, 0.6) is 0 Å². The molecule has 0 saturated carbocycles. The Morgan fingerprint density at radius 3 is 2.38 bits per heavy atom. The minimum atomic E-state index is -3.82. The first kappa shape index (κ1) is 26.0. The largest absolute Gasteiger partial charge is 0.355 e. The molecular weight excluding hydrogens is 473 g/mol. The molecule has 2 aromatic rings. The Kier molecular flexibility index (Phi) is 8.95. The zero-order valence-corrected chi connectivity index (χ0v) is 20.8. The van der Waals surface area contributed by atoms with Crippen molar-refractivity contribution < 1.29 is 18.0 Å². The standard InChI is InChI=1S/C22H27Cl2N3O4S/c1-5-25-22(29)16(3)26(13-17-8-6-9-18(23)12-17)21(28)14-27(32(4,30)31)20-11-7-10-19(24)15(20)2/h6-12,16H,5,13-14H2,1-4H3,(H,25,29)/t16-/m1/s1. The highest BCUT2D eigenvalue weighted by atomic mass is 35.5. The molecule has 10 heteroatoms. The van der Waals surface area contributed by atoms with Gasteiger partial charge in [0.15, 0.2) is 0 Å². The monoisotopic (exact) mass is 499 g/mol. The Hall–Kier alpha value is -2.29. The number of sulfonamides is 1. The predicted octanol–water partition coefficient (Wildman–Crippen LogP) is 3.62. The summed E-state index contributed by atoms with van der Waals surface area (Å²) in [6, 6.07) is 11.0. The summed E-state index contributed by atoms with van der Waals surface area (Å²) in [5.74, 6) is -0.874. The quantitative estimate of drug-likeness (QED) is 0.570. The lowest BCUT2D eigenvalue weighted by Crippen LogP contribution is -2.51. The zero-order chi connectivity index (χ0) is 24.1. The lowest BCUT2D eigenvalue weighted by Gasteiger charge is -2.32. The molecule has 174 valence electrons.